The minimum absolute atomic E-state index is 0.0285. The van der Waals surface area contributed by atoms with Crippen molar-refractivity contribution in [2.45, 2.75) is 37.6 Å². The average molecular weight is 583 g/mol. The molecule has 10 nitrogen and oxygen atoms in total. The fourth-order valence-corrected chi connectivity index (χ4v) is 6.18. The summed E-state index contributed by atoms with van der Waals surface area (Å²) in [5.41, 5.74) is 3.81. The molecule has 10 heteroatoms. The Morgan fingerprint density at radius 3 is 2.56 bits per heavy atom. The number of likely N-dealkylation sites (tertiary alicyclic amines) is 1. The number of aliphatic hydroxyl groups excluding tert-OH is 1. The average Bonchev–Trinajstić information content (AvgIpc) is 3.58. The predicted octanol–water partition coefficient (Wildman–Crippen LogP) is 3.05. The van der Waals surface area contributed by atoms with Gasteiger partial charge in [-0.05, 0) is 47.5 Å². The van der Waals surface area contributed by atoms with Crippen LogP contribution in [-0.4, -0.2) is 71.2 Å². The van der Waals surface area contributed by atoms with E-state index in [-0.39, 0.29) is 37.7 Å². The molecule has 3 amide bonds. The van der Waals surface area contributed by atoms with Crippen LogP contribution in [0.4, 0.5) is 5.69 Å². The first kappa shape index (κ1) is 28.3. The number of rotatable bonds is 7. The highest BCUT2D eigenvalue weighted by atomic mass is 16.5. The van der Waals surface area contributed by atoms with Crippen molar-refractivity contribution in [1.29, 1.82) is 0 Å². The molecule has 1 aromatic heterocycles. The largest absolute Gasteiger partial charge is 0.497 e. The first-order valence-corrected chi connectivity index (χ1v) is 14.2. The number of hydrogen-bond acceptors (Lipinski definition) is 6. The monoisotopic (exact) mass is 582 g/mol. The summed E-state index contributed by atoms with van der Waals surface area (Å²) in [6, 6.07) is 18.8. The van der Waals surface area contributed by atoms with Gasteiger partial charge in [0.25, 0.3) is 5.91 Å². The topological polar surface area (TPSA) is 113 Å². The van der Waals surface area contributed by atoms with Crippen LogP contribution in [-0.2, 0) is 29.6 Å². The molecule has 2 aliphatic heterocycles. The number of methoxy groups -OCH3 is 2. The van der Waals surface area contributed by atoms with Crippen LogP contribution in [0.2, 0.25) is 0 Å². The second-order valence-corrected chi connectivity index (χ2v) is 11.1. The summed E-state index contributed by atoms with van der Waals surface area (Å²) in [4.78, 5) is 44.5. The standard InChI is InChI=1S/C33H34N4O6/c1-35-19-26(25-9-4-5-10-29(25)35)32(40)37-18-22(38)16-30(37)31(39)34-27-15-21-14-24(43-3)11-12-28(21)36(33(27)41)17-20-7-6-8-23(13-20)42-2/h4-14,19,22,27,30,38H,15-18H2,1-3H3,(H,34,39). The van der Waals surface area contributed by atoms with Crippen molar-refractivity contribution in [3.05, 3.63) is 89.6 Å². The molecule has 6 rings (SSSR count). The molecular formula is C33H34N4O6. The first-order valence-electron chi connectivity index (χ1n) is 14.2. The molecule has 0 saturated carbocycles. The minimum Gasteiger partial charge on any atom is -0.497 e. The molecule has 4 aromatic rings. The van der Waals surface area contributed by atoms with Gasteiger partial charge in [-0.1, -0.05) is 30.3 Å². The van der Waals surface area contributed by atoms with Crippen LogP contribution >= 0.6 is 0 Å². The van der Waals surface area contributed by atoms with Crippen LogP contribution in [0.5, 0.6) is 11.5 Å². The second-order valence-electron chi connectivity index (χ2n) is 11.1. The molecule has 0 radical (unpaired) electrons. The predicted molar refractivity (Wildman–Crippen MR) is 161 cm³/mol. The molecule has 0 aliphatic carbocycles. The number of anilines is 1. The number of fused-ring (bicyclic) bond motifs is 2. The van der Waals surface area contributed by atoms with Gasteiger partial charge >= 0.3 is 0 Å². The lowest BCUT2D eigenvalue weighted by atomic mass is 9.95. The zero-order chi connectivity index (χ0) is 30.2. The summed E-state index contributed by atoms with van der Waals surface area (Å²) in [6.07, 6.45) is 1.24. The molecule has 2 aliphatic rings. The normalized spacial score (nSPS) is 19.8. The lowest BCUT2D eigenvalue weighted by molar-refractivity contribution is -0.130. The van der Waals surface area contributed by atoms with Crippen molar-refractivity contribution in [3.63, 3.8) is 0 Å². The third-order valence-electron chi connectivity index (χ3n) is 8.33. The van der Waals surface area contributed by atoms with E-state index in [1.54, 1.807) is 31.4 Å². The fourth-order valence-electron chi connectivity index (χ4n) is 6.18. The van der Waals surface area contributed by atoms with Gasteiger partial charge in [-0.15, -0.1) is 0 Å². The third kappa shape index (κ3) is 5.30. The van der Waals surface area contributed by atoms with Crippen molar-refractivity contribution in [2.75, 3.05) is 25.7 Å². The van der Waals surface area contributed by atoms with Gasteiger partial charge in [-0.25, -0.2) is 0 Å². The van der Waals surface area contributed by atoms with E-state index in [1.807, 2.05) is 72.3 Å². The van der Waals surface area contributed by atoms with Crippen molar-refractivity contribution in [1.82, 2.24) is 14.8 Å². The Balaban J connectivity index is 1.27. The molecule has 3 atom stereocenters. The fraction of sp³-hybridized carbons (Fsp3) is 0.303. The van der Waals surface area contributed by atoms with Gasteiger partial charge < -0.3 is 34.3 Å². The SMILES string of the molecule is COc1cccc(CN2C(=O)C(NC(=O)C3CC(O)CN3C(=O)c3cn(C)c4ccccc34)Cc3cc(OC)ccc32)c1. The summed E-state index contributed by atoms with van der Waals surface area (Å²) in [5.74, 6) is 0.247. The maximum atomic E-state index is 13.9. The van der Waals surface area contributed by atoms with Crippen LogP contribution in [0, 0.1) is 0 Å². The van der Waals surface area contributed by atoms with Crippen LogP contribution in [0.3, 0.4) is 0 Å². The van der Waals surface area contributed by atoms with Gasteiger partial charge in [0.2, 0.25) is 11.8 Å². The Labute approximate surface area is 249 Å². The number of aryl methyl sites for hydroxylation is 1. The summed E-state index contributed by atoms with van der Waals surface area (Å²) < 4.78 is 12.7. The number of β-amino-alcohol motifs (C(OH)–C–C–N with tert-alkyl or cyclic N) is 1. The lowest BCUT2D eigenvalue weighted by Gasteiger charge is -2.35. The minimum atomic E-state index is -0.923. The molecule has 222 valence electrons. The zero-order valence-electron chi connectivity index (χ0n) is 24.3. The molecule has 1 fully saturated rings. The van der Waals surface area contributed by atoms with E-state index >= 15 is 0 Å². The number of nitrogens with one attached hydrogen (secondary N) is 1. The van der Waals surface area contributed by atoms with Crippen LogP contribution in [0.15, 0.2) is 72.9 Å². The molecule has 43 heavy (non-hydrogen) atoms. The van der Waals surface area contributed by atoms with Gasteiger partial charge in [0.1, 0.15) is 23.6 Å². The Morgan fingerprint density at radius 2 is 1.77 bits per heavy atom. The first-order chi connectivity index (χ1) is 20.8. The number of benzene rings is 3. The van der Waals surface area contributed by atoms with Crippen molar-refractivity contribution < 1.29 is 29.0 Å². The van der Waals surface area contributed by atoms with Crippen molar-refractivity contribution in [2.24, 2.45) is 7.05 Å². The highest BCUT2D eigenvalue weighted by Gasteiger charge is 2.42. The highest BCUT2D eigenvalue weighted by Crippen LogP contribution is 2.33. The number of carbonyl (C=O) groups excluding carboxylic acids is 3. The van der Waals surface area contributed by atoms with Gasteiger partial charge in [-0.3, -0.25) is 14.4 Å². The number of nitrogens with zero attached hydrogens (tertiary/aromatic N) is 3. The number of carbonyl (C=O) groups is 3. The molecule has 0 bridgehead atoms. The maximum Gasteiger partial charge on any atom is 0.256 e. The summed E-state index contributed by atoms with van der Waals surface area (Å²) in [5, 5.41) is 14.2. The van der Waals surface area contributed by atoms with E-state index < -0.39 is 24.1 Å². The summed E-state index contributed by atoms with van der Waals surface area (Å²) in [6.45, 7) is 0.302. The van der Waals surface area contributed by atoms with Crippen molar-refractivity contribution in [3.8, 4) is 11.5 Å². The Kier molecular flexibility index (Phi) is 7.53. The maximum absolute atomic E-state index is 13.9. The molecule has 1 saturated heterocycles. The van der Waals surface area contributed by atoms with E-state index in [0.717, 1.165) is 27.7 Å². The zero-order valence-corrected chi connectivity index (χ0v) is 24.3. The molecule has 2 N–H and O–H groups in total. The number of amides is 3. The van der Waals surface area contributed by atoms with E-state index in [9.17, 15) is 19.5 Å². The van der Waals surface area contributed by atoms with E-state index in [4.69, 9.17) is 9.47 Å². The molecule has 3 unspecified atom stereocenters. The van der Waals surface area contributed by atoms with Gasteiger partial charge in [-0.2, -0.15) is 0 Å². The molecule has 3 heterocycles. The Hall–Kier alpha value is -4.83. The lowest BCUT2D eigenvalue weighted by Crippen LogP contribution is -2.56. The van der Waals surface area contributed by atoms with E-state index in [1.165, 1.54) is 4.90 Å². The Bertz CT molecular complexity index is 1710. The number of hydrogen-bond donors (Lipinski definition) is 2. The quantitative estimate of drug-likeness (QED) is 0.347. The van der Waals surface area contributed by atoms with Crippen LogP contribution in [0.25, 0.3) is 10.9 Å². The van der Waals surface area contributed by atoms with Crippen LogP contribution in [0.1, 0.15) is 27.9 Å². The van der Waals surface area contributed by atoms with E-state index in [0.29, 0.717) is 17.1 Å². The second kappa shape index (κ2) is 11.4. The number of aromatic nitrogens is 1. The van der Waals surface area contributed by atoms with Crippen LogP contribution < -0.4 is 19.7 Å². The van der Waals surface area contributed by atoms with Gasteiger partial charge in [0.05, 0.1) is 32.4 Å². The molecule has 3 aromatic carbocycles. The van der Waals surface area contributed by atoms with Crippen molar-refractivity contribution >= 4 is 34.3 Å². The third-order valence-corrected chi connectivity index (χ3v) is 8.33. The summed E-state index contributed by atoms with van der Waals surface area (Å²) in [7, 11) is 5.03. The smallest absolute Gasteiger partial charge is 0.256 e. The molecular weight excluding hydrogens is 548 g/mol. The number of para-hydroxylation sites is 1. The highest BCUT2D eigenvalue weighted by molar-refractivity contribution is 6.09. The molecule has 0 spiro atoms. The van der Waals surface area contributed by atoms with Gasteiger partial charge in [0.15, 0.2) is 0 Å². The van der Waals surface area contributed by atoms with E-state index in [2.05, 4.69) is 5.32 Å². The number of ether oxygens (including phenoxy) is 2. The summed E-state index contributed by atoms with van der Waals surface area (Å²) >= 11 is 0. The number of aliphatic hydroxyl groups is 1. The van der Waals surface area contributed by atoms with Gasteiger partial charge in [0, 0.05) is 49.2 Å². The Morgan fingerprint density at radius 1 is 1.00 bits per heavy atom.